The average Bonchev–Trinajstić information content (AvgIpc) is 2.26. The largest absolute Gasteiger partial charge is 0.396 e. The van der Waals surface area contributed by atoms with E-state index < -0.39 is 5.78 Å². The van der Waals surface area contributed by atoms with Crippen LogP contribution >= 0.6 is 23.2 Å². The first kappa shape index (κ1) is 17.4. The fourth-order valence-corrected chi connectivity index (χ4v) is 1.63. The molecule has 0 atom stereocenters. The summed E-state index contributed by atoms with van der Waals surface area (Å²) < 4.78 is -0.142. The van der Waals surface area contributed by atoms with Gasteiger partial charge in [0.2, 0.25) is 5.91 Å². The normalized spacial score (nSPS) is 9.94. The van der Waals surface area contributed by atoms with Gasteiger partial charge in [-0.25, -0.2) is 0 Å². The van der Waals surface area contributed by atoms with Crippen molar-refractivity contribution < 1.29 is 14.7 Å². The van der Waals surface area contributed by atoms with E-state index in [2.05, 4.69) is 5.32 Å². The van der Waals surface area contributed by atoms with Gasteiger partial charge in [-0.15, -0.1) is 0 Å². The number of hydrogen-bond acceptors (Lipinski definition) is 3. The van der Waals surface area contributed by atoms with Crippen LogP contribution in [0.1, 0.15) is 38.5 Å². The molecule has 0 aliphatic carbocycles. The Labute approximate surface area is 117 Å². The molecule has 2 N–H and O–H groups in total. The maximum Gasteiger partial charge on any atom is 0.227 e. The Balaban J connectivity index is 3.48. The maximum atomic E-state index is 11.3. The molecular weight excluding hydrogens is 277 g/mol. The number of nitrogens with one attached hydrogen (secondary N) is 1. The number of allylic oxidation sites excluding steroid dienone is 1. The Morgan fingerprint density at radius 3 is 2.28 bits per heavy atom. The van der Waals surface area contributed by atoms with Crippen LogP contribution in [0.5, 0.6) is 0 Å². The van der Waals surface area contributed by atoms with Crippen LogP contribution in [0.4, 0.5) is 0 Å². The highest BCUT2D eigenvalue weighted by molar-refractivity contribution is 6.56. The molecule has 18 heavy (non-hydrogen) atoms. The van der Waals surface area contributed by atoms with Gasteiger partial charge in [0.05, 0.1) is 6.42 Å². The van der Waals surface area contributed by atoms with E-state index in [1.807, 2.05) is 0 Å². The SMILES string of the molecule is O=C(C=C(Cl)Cl)CC(=O)NCCCCCCCO. The van der Waals surface area contributed by atoms with E-state index in [0.29, 0.717) is 6.54 Å². The van der Waals surface area contributed by atoms with Crippen LogP contribution in [0, 0.1) is 0 Å². The van der Waals surface area contributed by atoms with Crippen LogP contribution in [-0.2, 0) is 9.59 Å². The van der Waals surface area contributed by atoms with Gasteiger partial charge in [0.25, 0.3) is 0 Å². The Bertz CT molecular complexity index is 289. The molecule has 4 nitrogen and oxygen atoms in total. The molecule has 0 aromatic rings. The summed E-state index contributed by atoms with van der Waals surface area (Å²) in [5, 5.41) is 11.2. The zero-order valence-corrected chi connectivity index (χ0v) is 11.8. The topological polar surface area (TPSA) is 66.4 Å². The van der Waals surface area contributed by atoms with Crippen molar-refractivity contribution in [2.24, 2.45) is 0 Å². The minimum Gasteiger partial charge on any atom is -0.396 e. The van der Waals surface area contributed by atoms with Gasteiger partial charge >= 0.3 is 0 Å². The molecule has 0 heterocycles. The number of aliphatic hydroxyl groups excluding tert-OH is 1. The van der Waals surface area contributed by atoms with Crippen LogP contribution < -0.4 is 5.32 Å². The summed E-state index contributed by atoms with van der Waals surface area (Å²) in [5.74, 6) is -0.725. The molecule has 0 saturated heterocycles. The van der Waals surface area contributed by atoms with E-state index in [4.69, 9.17) is 28.3 Å². The lowest BCUT2D eigenvalue weighted by Gasteiger charge is -2.03. The van der Waals surface area contributed by atoms with Gasteiger partial charge in [0.15, 0.2) is 5.78 Å². The highest BCUT2D eigenvalue weighted by atomic mass is 35.5. The van der Waals surface area contributed by atoms with Crippen molar-refractivity contribution in [2.45, 2.75) is 38.5 Å². The van der Waals surface area contributed by atoms with Crippen molar-refractivity contribution in [3.63, 3.8) is 0 Å². The number of carbonyl (C=O) groups is 2. The summed E-state index contributed by atoms with van der Waals surface area (Å²) in [6.45, 7) is 0.791. The standard InChI is InChI=1S/C12H19Cl2NO3/c13-11(14)8-10(17)9-12(18)15-6-4-2-1-3-5-7-16/h8,16H,1-7,9H2,(H,15,18). The molecule has 0 aliphatic heterocycles. The first-order chi connectivity index (χ1) is 8.56. The van der Waals surface area contributed by atoms with Gasteiger partial charge in [-0.2, -0.15) is 0 Å². The minimum atomic E-state index is -0.407. The molecule has 0 fully saturated rings. The lowest BCUT2D eigenvalue weighted by atomic mass is 10.1. The summed E-state index contributed by atoms with van der Waals surface area (Å²) in [6, 6.07) is 0. The van der Waals surface area contributed by atoms with Crippen LogP contribution in [0.2, 0.25) is 0 Å². The third-order valence-corrected chi connectivity index (χ3v) is 2.48. The molecular formula is C12H19Cl2NO3. The molecule has 1 amide bonds. The lowest BCUT2D eigenvalue weighted by molar-refractivity contribution is -0.126. The second-order valence-corrected chi connectivity index (χ2v) is 4.93. The van der Waals surface area contributed by atoms with Crippen molar-refractivity contribution >= 4 is 34.9 Å². The van der Waals surface area contributed by atoms with E-state index in [1.165, 1.54) is 0 Å². The van der Waals surface area contributed by atoms with Crippen molar-refractivity contribution in [3.8, 4) is 0 Å². The van der Waals surface area contributed by atoms with E-state index in [0.717, 1.165) is 38.2 Å². The molecule has 0 aromatic carbocycles. The quantitative estimate of drug-likeness (QED) is 0.369. The number of rotatable bonds is 10. The number of halogens is 2. The fraction of sp³-hybridized carbons (Fsp3) is 0.667. The minimum absolute atomic E-state index is 0.142. The second kappa shape index (κ2) is 11.5. The predicted molar refractivity (Wildman–Crippen MR) is 72.6 cm³/mol. The van der Waals surface area contributed by atoms with Crippen LogP contribution in [-0.4, -0.2) is 29.9 Å². The van der Waals surface area contributed by atoms with Gasteiger partial charge in [-0.1, -0.05) is 42.5 Å². The molecule has 0 saturated carbocycles. The highest BCUT2D eigenvalue weighted by Gasteiger charge is 2.06. The van der Waals surface area contributed by atoms with E-state index in [-0.39, 0.29) is 23.4 Å². The third-order valence-electron chi connectivity index (χ3n) is 2.26. The third kappa shape index (κ3) is 11.9. The number of amides is 1. The summed E-state index contributed by atoms with van der Waals surface area (Å²) in [6.07, 6.45) is 5.54. The number of unbranched alkanes of at least 4 members (excludes halogenated alkanes) is 4. The molecule has 0 bridgehead atoms. The van der Waals surface area contributed by atoms with Crippen LogP contribution in [0.15, 0.2) is 10.6 Å². The summed E-state index contributed by atoms with van der Waals surface area (Å²) in [5.41, 5.74) is 0. The van der Waals surface area contributed by atoms with Crippen molar-refractivity contribution in [2.75, 3.05) is 13.2 Å². The molecule has 104 valence electrons. The molecule has 6 heteroatoms. The van der Waals surface area contributed by atoms with Gasteiger partial charge in [0.1, 0.15) is 4.49 Å². The zero-order chi connectivity index (χ0) is 13.8. The molecule has 0 unspecified atom stereocenters. The Morgan fingerprint density at radius 1 is 1.06 bits per heavy atom. The Kier molecular flexibility index (Phi) is 11.1. The number of aliphatic hydroxyl groups is 1. The lowest BCUT2D eigenvalue weighted by Crippen LogP contribution is -2.26. The first-order valence-electron chi connectivity index (χ1n) is 5.99. The average molecular weight is 296 g/mol. The molecule has 0 aliphatic rings. The molecule has 0 spiro atoms. The zero-order valence-electron chi connectivity index (χ0n) is 10.3. The van der Waals surface area contributed by atoms with Crippen LogP contribution in [0.25, 0.3) is 0 Å². The van der Waals surface area contributed by atoms with Gasteiger partial charge < -0.3 is 10.4 Å². The smallest absolute Gasteiger partial charge is 0.227 e. The van der Waals surface area contributed by atoms with Crippen LogP contribution in [0.3, 0.4) is 0 Å². The van der Waals surface area contributed by atoms with Gasteiger partial charge in [-0.05, 0) is 12.8 Å². The van der Waals surface area contributed by atoms with Crippen molar-refractivity contribution in [3.05, 3.63) is 10.6 Å². The number of carbonyl (C=O) groups excluding carboxylic acids is 2. The fourth-order valence-electron chi connectivity index (χ4n) is 1.39. The maximum absolute atomic E-state index is 11.3. The van der Waals surface area contributed by atoms with Gasteiger partial charge in [0, 0.05) is 19.2 Å². The highest BCUT2D eigenvalue weighted by Crippen LogP contribution is 2.06. The van der Waals surface area contributed by atoms with E-state index in [1.54, 1.807) is 0 Å². The molecule has 0 radical (unpaired) electrons. The van der Waals surface area contributed by atoms with Gasteiger partial charge in [-0.3, -0.25) is 9.59 Å². The summed E-state index contributed by atoms with van der Waals surface area (Å²) in [4.78, 5) is 22.4. The first-order valence-corrected chi connectivity index (χ1v) is 6.75. The summed E-state index contributed by atoms with van der Waals surface area (Å²) in [7, 11) is 0. The van der Waals surface area contributed by atoms with E-state index in [9.17, 15) is 9.59 Å². The second-order valence-electron chi connectivity index (χ2n) is 3.92. The Hall–Kier alpha value is -0.580. The summed E-state index contributed by atoms with van der Waals surface area (Å²) >= 11 is 10.6. The number of hydrogen-bond donors (Lipinski definition) is 2. The van der Waals surface area contributed by atoms with E-state index >= 15 is 0 Å². The predicted octanol–water partition coefficient (Wildman–Crippen LogP) is 2.32. The number of ketones is 1. The van der Waals surface area contributed by atoms with Crippen molar-refractivity contribution in [1.82, 2.24) is 5.32 Å². The molecule has 0 aromatic heterocycles. The molecule has 0 rings (SSSR count). The Morgan fingerprint density at radius 2 is 1.67 bits per heavy atom. The monoisotopic (exact) mass is 295 g/mol. The van der Waals surface area contributed by atoms with Crippen molar-refractivity contribution in [1.29, 1.82) is 0 Å².